The molecule has 1 rings (SSSR count). The molecule has 0 saturated carbocycles. The first-order valence-electron chi connectivity index (χ1n) is 6.84. The van der Waals surface area contributed by atoms with Gasteiger partial charge in [-0.05, 0) is 49.3 Å². The van der Waals surface area contributed by atoms with E-state index < -0.39 is 0 Å². The summed E-state index contributed by atoms with van der Waals surface area (Å²) in [5, 5.41) is 4.61. The lowest BCUT2D eigenvalue weighted by Gasteiger charge is -2.11. The van der Waals surface area contributed by atoms with Crippen molar-refractivity contribution in [1.29, 1.82) is 0 Å². The van der Waals surface area contributed by atoms with Crippen molar-refractivity contribution in [2.75, 3.05) is 6.54 Å². The van der Waals surface area contributed by atoms with Crippen LogP contribution in [0.25, 0.3) is 0 Å². The number of benzene rings is 1. The fourth-order valence-corrected chi connectivity index (χ4v) is 2.17. The topological polar surface area (TPSA) is 12.0 Å². The van der Waals surface area contributed by atoms with Crippen molar-refractivity contribution >= 4 is 23.2 Å². The molecule has 0 aliphatic rings. The molecule has 0 saturated heterocycles. The normalized spacial score (nSPS) is 10.8. The predicted molar refractivity (Wildman–Crippen MR) is 86.0 cm³/mol. The van der Waals surface area contributed by atoms with Gasteiger partial charge in [0.1, 0.15) is 0 Å². The van der Waals surface area contributed by atoms with E-state index in [0.29, 0.717) is 10.0 Å². The highest BCUT2D eigenvalue weighted by Crippen LogP contribution is 2.23. The Morgan fingerprint density at radius 1 is 1.26 bits per heavy atom. The monoisotopic (exact) mass is 299 g/mol. The van der Waals surface area contributed by atoms with E-state index in [4.69, 9.17) is 23.2 Å². The van der Waals surface area contributed by atoms with Crippen molar-refractivity contribution in [1.82, 2.24) is 5.32 Å². The molecule has 1 aromatic carbocycles. The van der Waals surface area contributed by atoms with Gasteiger partial charge in [-0.2, -0.15) is 0 Å². The predicted octanol–water partition coefficient (Wildman–Crippen LogP) is 5.47. The van der Waals surface area contributed by atoms with Crippen LogP contribution in [0.2, 0.25) is 10.0 Å². The van der Waals surface area contributed by atoms with Crippen molar-refractivity contribution in [2.45, 2.75) is 39.5 Å². The minimum Gasteiger partial charge on any atom is -0.389 e. The second kappa shape index (κ2) is 8.50. The Balaban J connectivity index is 2.24. The first-order valence-corrected chi connectivity index (χ1v) is 7.60. The fraction of sp³-hybridized carbons (Fsp3) is 0.500. The number of nitrogens with one attached hydrogen (secondary N) is 1. The maximum atomic E-state index is 5.99. The fourth-order valence-electron chi connectivity index (χ4n) is 1.85. The van der Waals surface area contributed by atoms with E-state index >= 15 is 0 Å². The van der Waals surface area contributed by atoms with Crippen LogP contribution in [0, 0.1) is 5.92 Å². The minimum absolute atomic E-state index is 0.607. The van der Waals surface area contributed by atoms with Gasteiger partial charge in [-0.25, -0.2) is 0 Å². The summed E-state index contributed by atoms with van der Waals surface area (Å²) in [4.78, 5) is 0. The van der Waals surface area contributed by atoms with Crippen molar-refractivity contribution in [2.24, 2.45) is 5.92 Å². The maximum absolute atomic E-state index is 5.99. The first kappa shape index (κ1) is 16.4. The van der Waals surface area contributed by atoms with E-state index in [1.165, 1.54) is 18.4 Å². The summed E-state index contributed by atoms with van der Waals surface area (Å²) in [6.45, 7) is 9.57. The molecule has 1 nitrogen and oxygen atoms in total. The van der Waals surface area contributed by atoms with E-state index in [-0.39, 0.29) is 0 Å². The molecule has 0 heterocycles. The molecular formula is C16H23Cl2N. The smallest absolute Gasteiger partial charge is 0.0595 e. The highest BCUT2D eigenvalue weighted by molar-refractivity contribution is 6.42. The quantitative estimate of drug-likeness (QED) is 0.628. The highest BCUT2D eigenvalue weighted by atomic mass is 35.5. The molecule has 0 unspecified atom stereocenters. The number of rotatable bonds is 8. The van der Waals surface area contributed by atoms with Gasteiger partial charge in [0, 0.05) is 12.2 Å². The van der Waals surface area contributed by atoms with Crippen LogP contribution in [-0.4, -0.2) is 6.54 Å². The molecular weight excluding hydrogens is 277 g/mol. The van der Waals surface area contributed by atoms with Crippen LogP contribution >= 0.6 is 23.2 Å². The van der Waals surface area contributed by atoms with Gasteiger partial charge in [0.2, 0.25) is 0 Å². The molecule has 0 radical (unpaired) electrons. The van der Waals surface area contributed by atoms with Crippen LogP contribution in [0.15, 0.2) is 30.5 Å². The average Bonchev–Trinajstić information content (AvgIpc) is 2.36. The summed E-state index contributed by atoms with van der Waals surface area (Å²) in [5.74, 6) is 0.770. The van der Waals surface area contributed by atoms with E-state index in [2.05, 4.69) is 25.7 Å². The Morgan fingerprint density at radius 3 is 2.63 bits per heavy atom. The second-order valence-corrected chi connectivity index (χ2v) is 6.13. The lowest BCUT2D eigenvalue weighted by Crippen LogP contribution is -2.15. The summed E-state index contributed by atoms with van der Waals surface area (Å²) in [6.07, 6.45) is 4.32. The molecule has 0 aromatic heterocycles. The Morgan fingerprint density at radius 2 is 2.00 bits per heavy atom. The zero-order chi connectivity index (χ0) is 14.3. The highest BCUT2D eigenvalue weighted by Gasteiger charge is 2.01. The van der Waals surface area contributed by atoms with Gasteiger partial charge in [0.05, 0.1) is 10.0 Å². The van der Waals surface area contributed by atoms with Crippen LogP contribution in [0.1, 0.15) is 38.7 Å². The Hall–Kier alpha value is -0.660. The van der Waals surface area contributed by atoms with E-state index in [1.54, 1.807) is 0 Å². The second-order valence-electron chi connectivity index (χ2n) is 5.31. The number of halogens is 2. The van der Waals surface area contributed by atoms with Crippen molar-refractivity contribution in [3.63, 3.8) is 0 Å². The molecule has 1 aromatic rings. The summed E-state index contributed by atoms with van der Waals surface area (Å²) >= 11 is 11.9. The molecule has 0 spiro atoms. The lowest BCUT2D eigenvalue weighted by atomic mass is 10.1. The minimum atomic E-state index is 0.607. The van der Waals surface area contributed by atoms with Crippen molar-refractivity contribution in [3.8, 4) is 0 Å². The van der Waals surface area contributed by atoms with Crippen LogP contribution in [0.3, 0.4) is 0 Å². The summed E-state index contributed by atoms with van der Waals surface area (Å²) in [5.41, 5.74) is 2.29. The first-order chi connectivity index (χ1) is 8.99. The number of aryl methyl sites for hydroxylation is 1. The SMILES string of the molecule is C=C(CCc1ccc(Cl)c(Cl)c1)NCCCC(C)C. The number of hydrogen-bond acceptors (Lipinski definition) is 1. The standard InChI is InChI=1S/C16H23Cl2N/c1-12(2)5-4-10-19-13(3)6-7-14-8-9-15(17)16(18)11-14/h8-9,11-12,19H,3-7,10H2,1-2H3. The molecule has 0 aliphatic carbocycles. The van der Waals surface area contributed by atoms with Gasteiger partial charge < -0.3 is 5.32 Å². The van der Waals surface area contributed by atoms with Gasteiger partial charge in [-0.15, -0.1) is 0 Å². The molecule has 19 heavy (non-hydrogen) atoms. The third kappa shape index (κ3) is 6.89. The van der Waals surface area contributed by atoms with Crippen LogP contribution in [0.5, 0.6) is 0 Å². The molecule has 3 heteroatoms. The van der Waals surface area contributed by atoms with Crippen molar-refractivity contribution < 1.29 is 0 Å². The van der Waals surface area contributed by atoms with Crippen LogP contribution < -0.4 is 5.32 Å². The zero-order valence-corrected chi connectivity index (χ0v) is 13.3. The Labute approximate surface area is 127 Å². The number of hydrogen-bond donors (Lipinski definition) is 1. The van der Waals surface area contributed by atoms with E-state index in [9.17, 15) is 0 Å². The molecule has 0 bridgehead atoms. The largest absolute Gasteiger partial charge is 0.389 e. The third-order valence-electron chi connectivity index (χ3n) is 3.03. The molecule has 106 valence electrons. The molecule has 0 fully saturated rings. The van der Waals surface area contributed by atoms with E-state index in [0.717, 1.165) is 31.0 Å². The summed E-state index contributed by atoms with van der Waals surface area (Å²) in [6, 6.07) is 5.79. The average molecular weight is 300 g/mol. The number of allylic oxidation sites excluding steroid dienone is 1. The van der Waals surface area contributed by atoms with Gasteiger partial charge in [0.15, 0.2) is 0 Å². The molecule has 0 amide bonds. The molecule has 1 N–H and O–H groups in total. The maximum Gasteiger partial charge on any atom is 0.0595 e. The van der Waals surface area contributed by atoms with Crippen molar-refractivity contribution in [3.05, 3.63) is 46.1 Å². The summed E-state index contributed by atoms with van der Waals surface area (Å²) < 4.78 is 0. The van der Waals surface area contributed by atoms with Gasteiger partial charge in [-0.1, -0.05) is 49.7 Å². The van der Waals surface area contributed by atoms with Crippen LogP contribution in [-0.2, 0) is 6.42 Å². The Bertz CT molecular complexity index is 413. The third-order valence-corrected chi connectivity index (χ3v) is 3.77. The summed E-state index contributed by atoms with van der Waals surface area (Å²) in [7, 11) is 0. The lowest BCUT2D eigenvalue weighted by molar-refractivity contribution is 0.540. The van der Waals surface area contributed by atoms with E-state index in [1.807, 2.05) is 18.2 Å². The van der Waals surface area contributed by atoms with Gasteiger partial charge in [-0.3, -0.25) is 0 Å². The Kier molecular flexibility index (Phi) is 7.33. The zero-order valence-electron chi connectivity index (χ0n) is 11.8. The molecule has 0 atom stereocenters. The molecule has 0 aliphatic heterocycles. The van der Waals surface area contributed by atoms with Crippen LogP contribution in [0.4, 0.5) is 0 Å². The van der Waals surface area contributed by atoms with Gasteiger partial charge in [0.25, 0.3) is 0 Å². The van der Waals surface area contributed by atoms with Gasteiger partial charge >= 0.3 is 0 Å².